The summed E-state index contributed by atoms with van der Waals surface area (Å²) in [6.07, 6.45) is -0.153. The number of aromatic nitrogens is 5. The van der Waals surface area contributed by atoms with Crippen LogP contribution in [0.15, 0.2) is 48.9 Å². The highest BCUT2D eigenvalue weighted by atomic mass is 35.5. The molecule has 4 aromatic rings. The Kier molecular flexibility index (Phi) is 7.09. The van der Waals surface area contributed by atoms with Crippen molar-refractivity contribution in [3.05, 3.63) is 60.0 Å². The molecule has 1 saturated heterocycles. The average molecular weight is 519 g/mol. The number of alkyl halides is 3. The Labute approximate surface area is 209 Å². The Balaban J connectivity index is 0.00000304. The van der Waals surface area contributed by atoms with Gasteiger partial charge in [-0.05, 0) is 43.7 Å². The lowest BCUT2D eigenvalue weighted by Crippen LogP contribution is -2.32. The molecule has 0 saturated carbocycles. The largest absolute Gasteiger partial charge is 0.416 e. The number of carbonyl (C=O) groups is 1. The first-order chi connectivity index (χ1) is 16.8. The lowest BCUT2D eigenvalue weighted by Gasteiger charge is -2.23. The molecule has 0 bridgehead atoms. The SMILES string of the molecule is Cl.Nc1ncnc2c1c(-c1ccc(C(=O)Nc3cc(C(F)(F)F)ccn3)cc1)nn2C1CCCNC1. The van der Waals surface area contributed by atoms with Gasteiger partial charge in [-0.1, -0.05) is 12.1 Å². The van der Waals surface area contributed by atoms with Crippen molar-refractivity contribution in [2.24, 2.45) is 0 Å². The number of anilines is 2. The van der Waals surface area contributed by atoms with Crippen LogP contribution < -0.4 is 16.4 Å². The van der Waals surface area contributed by atoms with E-state index in [2.05, 4.69) is 25.6 Å². The van der Waals surface area contributed by atoms with E-state index in [0.29, 0.717) is 28.1 Å². The second-order valence-electron chi connectivity index (χ2n) is 8.21. The molecular weight excluding hydrogens is 497 g/mol. The van der Waals surface area contributed by atoms with Gasteiger partial charge >= 0.3 is 6.18 Å². The zero-order chi connectivity index (χ0) is 24.6. The van der Waals surface area contributed by atoms with Crippen LogP contribution in [0, 0.1) is 0 Å². The summed E-state index contributed by atoms with van der Waals surface area (Å²) in [7, 11) is 0. The number of nitrogens with zero attached hydrogens (tertiary/aromatic N) is 5. The Morgan fingerprint density at radius 3 is 2.61 bits per heavy atom. The molecule has 188 valence electrons. The molecular formula is C23H22ClF3N8O. The fraction of sp³-hybridized carbons (Fsp3) is 0.261. The van der Waals surface area contributed by atoms with E-state index in [-0.39, 0.29) is 29.8 Å². The summed E-state index contributed by atoms with van der Waals surface area (Å²) in [4.78, 5) is 24.9. The minimum atomic E-state index is -4.53. The van der Waals surface area contributed by atoms with Crippen molar-refractivity contribution in [3.63, 3.8) is 0 Å². The lowest BCUT2D eigenvalue weighted by molar-refractivity contribution is -0.137. The molecule has 4 heterocycles. The number of pyridine rings is 1. The monoisotopic (exact) mass is 518 g/mol. The molecule has 0 spiro atoms. The number of hydrogen-bond donors (Lipinski definition) is 3. The van der Waals surface area contributed by atoms with Crippen LogP contribution in [0.1, 0.15) is 34.8 Å². The Bertz CT molecular complexity index is 1380. The van der Waals surface area contributed by atoms with Gasteiger partial charge in [-0.15, -0.1) is 12.4 Å². The van der Waals surface area contributed by atoms with Crippen LogP contribution in [0.25, 0.3) is 22.3 Å². The molecule has 36 heavy (non-hydrogen) atoms. The summed E-state index contributed by atoms with van der Waals surface area (Å²) < 4.78 is 40.6. The number of amides is 1. The first kappa shape index (κ1) is 25.3. The number of halogens is 4. The number of rotatable bonds is 4. The second-order valence-corrected chi connectivity index (χ2v) is 8.21. The molecule has 0 aliphatic carbocycles. The molecule has 1 aliphatic rings. The molecule has 9 nitrogen and oxygen atoms in total. The Morgan fingerprint density at radius 1 is 1.14 bits per heavy atom. The van der Waals surface area contributed by atoms with Gasteiger partial charge in [0, 0.05) is 23.9 Å². The quantitative estimate of drug-likeness (QED) is 0.372. The van der Waals surface area contributed by atoms with E-state index < -0.39 is 17.6 Å². The average Bonchev–Trinajstić information content (AvgIpc) is 3.25. The topological polar surface area (TPSA) is 124 Å². The molecule has 5 rings (SSSR count). The van der Waals surface area contributed by atoms with Crippen molar-refractivity contribution in [1.29, 1.82) is 0 Å². The van der Waals surface area contributed by atoms with Crippen LogP contribution in [0.5, 0.6) is 0 Å². The summed E-state index contributed by atoms with van der Waals surface area (Å²) in [5.74, 6) is -0.475. The molecule has 1 aliphatic heterocycles. The molecule has 1 unspecified atom stereocenters. The van der Waals surface area contributed by atoms with Gasteiger partial charge in [-0.2, -0.15) is 18.3 Å². The Hall–Kier alpha value is -3.77. The van der Waals surface area contributed by atoms with Crippen molar-refractivity contribution in [2.45, 2.75) is 25.1 Å². The summed E-state index contributed by atoms with van der Waals surface area (Å²) in [6.45, 7) is 1.72. The third-order valence-electron chi connectivity index (χ3n) is 5.88. The number of nitrogens with one attached hydrogen (secondary N) is 2. The maximum atomic E-state index is 12.9. The third-order valence-corrected chi connectivity index (χ3v) is 5.88. The minimum absolute atomic E-state index is 0. The summed E-state index contributed by atoms with van der Waals surface area (Å²) in [5.41, 5.74) is 7.46. The van der Waals surface area contributed by atoms with Crippen LogP contribution in [-0.4, -0.2) is 43.7 Å². The van der Waals surface area contributed by atoms with E-state index in [0.717, 1.165) is 44.3 Å². The highest BCUT2D eigenvalue weighted by Crippen LogP contribution is 2.33. The van der Waals surface area contributed by atoms with Crippen LogP contribution in [0.2, 0.25) is 0 Å². The smallest absolute Gasteiger partial charge is 0.383 e. The second kappa shape index (κ2) is 10.1. The predicted molar refractivity (Wildman–Crippen MR) is 131 cm³/mol. The molecule has 4 N–H and O–H groups in total. The van der Waals surface area contributed by atoms with E-state index in [4.69, 9.17) is 10.8 Å². The number of fused-ring (bicyclic) bond motifs is 1. The first-order valence-corrected chi connectivity index (χ1v) is 11.0. The van der Waals surface area contributed by atoms with E-state index in [1.54, 1.807) is 24.3 Å². The number of piperidine rings is 1. The lowest BCUT2D eigenvalue weighted by atomic mass is 10.1. The van der Waals surface area contributed by atoms with Crippen molar-refractivity contribution < 1.29 is 18.0 Å². The number of hydrogen-bond acceptors (Lipinski definition) is 7. The molecule has 3 aromatic heterocycles. The fourth-order valence-electron chi connectivity index (χ4n) is 4.14. The third kappa shape index (κ3) is 4.95. The van der Waals surface area contributed by atoms with Crippen LogP contribution in [0.3, 0.4) is 0 Å². The highest BCUT2D eigenvalue weighted by molar-refractivity contribution is 6.04. The molecule has 1 atom stereocenters. The van der Waals surface area contributed by atoms with Gasteiger partial charge in [0.05, 0.1) is 17.0 Å². The van der Waals surface area contributed by atoms with Gasteiger partial charge in [0.1, 0.15) is 23.7 Å². The van der Waals surface area contributed by atoms with Crippen molar-refractivity contribution in [1.82, 2.24) is 30.0 Å². The summed E-state index contributed by atoms with van der Waals surface area (Å²) in [5, 5.41) is 11.2. The minimum Gasteiger partial charge on any atom is -0.383 e. The number of carbonyl (C=O) groups excluding carboxylic acids is 1. The first-order valence-electron chi connectivity index (χ1n) is 11.0. The van der Waals surface area contributed by atoms with Gasteiger partial charge in [-0.3, -0.25) is 4.79 Å². The number of nitrogens with two attached hydrogens (primary N) is 1. The molecule has 13 heteroatoms. The van der Waals surface area contributed by atoms with E-state index >= 15 is 0 Å². The van der Waals surface area contributed by atoms with E-state index in [1.807, 2.05) is 4.68 Å². The van der Waals surface area contributed by atoms with Crippen LogP contribution in [-0.2, 0) is 6.18 Å². The molecule has 1 aromatic carbocycles. The van der Waals surface area contributed by atoms with Gasteiger partial charge < -0.3 is 16.4 Å². The van der Waals surface area contributed by atoms with Gasteiger partial charge in [0.25, 0.3) is 5.91 Å². The Morgan fingerprint density at radius 2 is 1.92 bits per heavy atom. The molecule has 0 radical (unpaired) electrons. The highest BCUT2D eigenvalue weighted by Gasteiger charge is 2.31. The van der Waals surface area contributed by atoms with E-state index in [1.165, 1.54) is 6.33 Å². The van der Waals surface area contributed by atoms with Crippen molar-refractivity contribution in [3.8, 4) is 11.3 Å². The maximum absolute atomic E-state index is 12.9. The van der Waals surface area contributed by atoms with Crippen molar-refractivity contribution in [2.75, 3.05) is 24.1 Å². The van der Waals surface area contributed by atoms with E-state index in [9.17, 15) is 18.0 Å². The standard InChI is InChI=1S/C23H21F3N8O.ClH/c24-23(25,26)15-7-9-29-17(10-15)32-22(35)14-5-3-13(4-6-14)19-18-20(27)30-12-31-21(18)34(33-19)16-2-1-8-28-11-16;/h3-7,9-10,12,16,28H,1-2,8,11H2,(H2,27,30,31)(H,29,32,35);1H. The van der Waals surface area contributed by atoms with Gasteiger partial charge in [-0.25, -0.2) is 19.6 Å². The normalized spacial score (nSPS) is 15.9. The van der Waals surface area contributed by atoms with Gasteiger partial charge in [0.15, 0.2) is 5.65 Å². The summed E-state index contributed by atoms with van der Waals surface area (Å²) in [6, 6.07) is 8.27. The maximum Gasteiger partial charge on any atom is 0.416 e. The van der Waals surface area contributed by atoms with Gasteiger partial charge in [0.2, 0.25) is 0 Å². The van der Waals surface area contributed by atoms with Crippen molar-refractivity contribution >= 4 is 41.0 Å². The number of benzene rings is 1. The predicted octanol–water partition coefficient (Wildman–Crippen LogP) is 4.09. The molecule has 1 fully saturated rings. The number of nitrogen functional groups attached to an aromatic ring is 1. The van der Waals surface area contributed by atoms with Crippen LogP contribution in [0.4, 0.5) is 24.8 Å². The fourth-order valence-corrected chi connectivity index (χ4v) is 4.14. The molecule has 1 amide bonds. The van der Waals surface area contributed by atoms with Crippen LogP contribution >= 0.6 is 12.4 Å². The zero-order valence-corrected chi connectivity index (χ0v) is 19.6. The zero-order valence-electron chi connectivity index (χ0n) is 18.8. The summed E-state index contributed by atoms with van der Waals surface area (Å²) >= 11 is 0.